The molecule has 6 N–H and O–H groups in total. The van der Waals surface area contributed by atoms with Crippen molar-refractivity contribution in [2.75, 3.05) is 6.61 Å². The summed E-state index contributed by atoms with van der Waals surface area (Å²) in [5.74, 6) is -5.02. The highest BCUT2D eigenvalue weighted by molar-refractivity contribution is 5.88. The molecule has 23 heavy (non-hydrogen) atoms. The first kappa shape index (κ1) is 23.6. The molecule has 0 aromatic heterocycles. The Labute approximate surface area is 134 Å². The van der Waals surface area contributed by atoms with Crippen LogP contribution in [-0.2, 0) is 14.4 Å². The molecule has 0 rings (SSSR count). The summed E-state index contributed by atoms with van der Waals surface area (Å²) in [6.07, 6.45) is 2.63. The monoisotopic (exact) mass is 338 g/mol. The number of hydrogen-bond donors (Lipinski definition) is 6. The van der Waals surface area contributed by atoms with Crippen LogP contribution in [0.2, 0.25) is 0 Å². The predicted molar refractivity (Wildman–Crippen MR) is 78.9 cm³/mol. The zero-order valence-corrected chi connectivity index (χ0v) is 13.1. The summed E-state index contributed by atoms with van der Waals surface area (Å²) in [6.45, 7) is 2.06. The first-order valence-corrected chi connectivity index (χ1v) is 7.27. The van der Waals surface area contributed by atoms with Gasteiger partial charge in [0.05, 0.1) is 25.6 Å². The molecule has 1 unspecified atom stereocenters. The van der Waals surface area contributed by atoms with E-state index in [0.29, 0.717) is 0 Å². The molecule has 0 heterocycles. The molecular weight excluding hydrogens is 312 g/mol. The molecule has 0 radical (unpaired) electrons. The topological polar surface area (TPSA) is 173 Å². The Balaban J connectivity index is 0. The van der Waals surface area contributed by atoms with Gasteiger partial charge in [-0.05, 0) is 6.42 Å². The molecule has 0 aliphatic heterocycles. The van der Waals surface area contributed by atoms with Crippen LogP contribution in [0.5, 0.6) is 0 Å². The fourth-order valence-corrected chi connectivity index (χ4v) is 1.61. The van der Waals surface area contributed by atoms with Crippen LogP contribution in [0.25, 0.3) is 0 Å². The summed E-state index contributed by atoms with van der Waals surface area (Å²) in [5.41, 5.74) is -2.74. The minimum Gasteiger partial charge on any atom is -0.481 e. The normalized spacial score (nSPS) is 12.0. The molecule has 0 amide bonds. The minimum atomic E-state index is -2.74. The van der Waals surface area contributed by atoms with Crippen molar-refractivity contribution in [1.29, 1.82) is 0 Å². The molecule has 0 fully saturated rings. The van der Waals surface area contributed by atoms with E-state index in [0.717, 1.165) is 12.8 Å². The average Bonchev–Trinajstić information content (AvgIpc) is 2.42. The number of hydrogen-bond acceptors (Lipinski definition) is 6. The molecule has 0 aliphatic carbocycles. The third-order valence-corrected chi connectivity index (χ3v) is 2.89. The number of aliphatic carboxylic acids is 3. The van der Waals surface area contributed by atoms with Gasteiger partial charge in [0, 0.05) is 0 Å². The fourth-order valence-electron chi connectivity index (χ4n) is 1.61. The van der Waals surface area contributed by atoms with Crippen LogP contribution < -0.4 is 0 Å². The summed E-state index contributed by atoms with van der Waals surface area (Å²) in [4.78, 5) is 30.5. The van der Waals surface area contributed by atoms with Crippen LogP contribution in [0.15, 0.2) is 0 Å². The molecule has 9 heteroatoms. The lowest BCUT2D eigenvalue weighted by atomic mass is 9.96. The van der Waals surface area contributed by atoms with E-state index in [1.165, 1.54) is 19.3 Å². The minimum absolute atomic E-state index is 0.0911. The third kappa shape index (κ3) is 13.7. The summed E-state index contributed by atoms with van der Waals surface area (Å²) in [7, 11) is 0. The molecule has 9 nitrogen and oxygen atoms in total. The van der Waals surface area contributed by atoms with E-state index in [2.05, 4.69) is 6.92 Å². The standard InChI is InChI=1S/C8H18O2.C6H8O7/c1-2-3-4-5-6-8(10)7-9;7-3(8)1-6(13,5(11)12)2-4(9)10/h8-10H,2-7H2,1H3;13H,1-2H2,(H,7,8)(H,9,10)(H,11,12). The highest BCUT2D eigenvalue weighted by Crippen LogP contribution is 2.15. The maximum absolute atomic E-state index is 10.3. The molecule has 0 saturated heterocycles. The second kappa shape index (κ2) is 12.8. The van der Waals surface area contributed by atoms with Gasteiger partial charge in [0.2, 0.25) is 0 Å². The van der Waals surface area contributed by atoms with Crippen molar-refractivity contribution in [3.05, 3.63) is 0 Å². The maximum atomic E-state index is 10.3. The van der Waals surface area contributed by atoms with Crippen molar-refractivity contribution in [3.63, 3.8) is 0 Å². The van der Waals surface area contributed by atoms with E-state index in [4.69, 9.17) is 30.6 Å². The lowest BCUT2D eigenvalue weighted by molar-refractivity contribution is -0.170. The van der Waals surface area contributed by atoms with Crippen LogP contribution in [0.4, 0.5) is 0 Å². The summed E-state index contributed by atoms with van der Waals surface area (Å²) >= 11 is 0. The van der Waals surface area contributed by atoms with Crippen molar-refractivity contribution in [3.8, 4) is 0 Å². The van der Waals surface area contributed by atoms with Gasteiger partial charge >= 0.3 is 17.9 Å². The van der Waals surface area contributed by atoms with Crippen LogP contribution in [0, 0.1) is 0 Å². The summed E-state index contributed by atoms with van der Waals surface area (Å²) < 4.78 is 0. The van der Waals surface area contributed by atoms with Crippen molar-refractivity contribution in [2.24, 2.45) is 0 Å². The number of aliphatic hydroxyl groups excluding tert-OH is 2. The molecule has 0 aliphatic rings. The fraction of sp³-hybridized carbons (Fsp3) is 0.786. The molecule has 0 spiro atoms. The smallest absolute Gasteiger partial charge is 0.336 e. The van der Waals surface area contributed by atoms with Crippen LogP contribution >= 0.6 is 0 Å². The Morgan fingerprint density at radius 3 is 1.74 bits per heavy atom. The Morgan fingerprint density at radius 2 is 1.43 bits per heavy atom. The van der Waals surface area contributed by atoms with Gasteiger partial charge in [-0.1, -0.05) is 32.6 Å². The predicted octanol–water partition coefficient (Wildman–Crippen LogP) is 0.0615. The van der Waals surface area contributed by atoms with Crippen molar-refractivity contribution in [2.45, 2.75) is 63.6 Å². The van der Waals surface area contributed by atoms with Crippen LogP contribution in [-0.4, -0.2) is 66.9 Å². The van der Waals surface area contributed by atoms with E-state index < -0.39 is 42.5 Å². The SMILES string of the molecule is CCCCCCC(O)CO.O=C(O)CC(O)(CC(=O)O)C(=O)O. The molecular formula is C14H26O9. The Kier molecular flexibility index (Phi) is 13.1. The van der Waals surface area contributed by atoms with Gasteiger partial charge < -0.3 is 30.6 Å². The first-order chi connectivity index (χ1) is 10.6. The van der Waals surface area contributed by atoms with Gasteiger partial charge in [-0.25, -0.2) is 4.79 Å². The Hall–Kier alpha value is -1.71. The Bertz CT molecular complexity index is 351. The highest BCUT2D eigenvalue weighted by Gasteiger charge is 2.40. The largest absolute Gasteiger partial charge is 0.481 e. The van der Waals surface area contributed by atoms with Gasteiger partial charge in [-0.2, -0.15) is 0 Å². The number of unbranched alkanes of at least 4 members (excludes halogenated alkanes) is 3. The van der Waals surface area contributed by atoms with E-state index in [9.17, 15) is 14.4 Å². The van der Waals surface area contributed by atoms with Crippen LogP contribution in [0.1, 0.15) is 51.9 Å². The van der Waals surface area contributed by atoms with E-state index in [1.807, 2.05) is 0 Å². The van der Waals surface area contributed by atoms with Crippen LogP contribution in [0.3, 0.4) is 0 Å². The quantitative estimate of drug-likeness (QED) is 0.285. The number of aliphatic hydroxyl groups is 3. The molecule has 1 atom stereocenters. The van der Waals surface area contributed by atoms with Gasteiger partial charge in [0.1, 0.15) is 0 Å². The molecule has 0 saturated carbocycles. The molecule has 0 bridgehead atoms. The molecule has 0 aromatic carbocycles. The lowest BCUT2D eigenvalue weighted by Crippen LogP contribution is -2.42. The summed E-state index contributed by atoms with van der Waals surface area (Å²) in [6, 6.07) is 0. The number of carboxylic acid groups (broad SMARTS) is 3. The van der Waals surface area contributed by atoms with Crippen molar-refractivity contribution >= 4 is 17.9 Å². The average molecular weight is 338 g/mol. The number of carboxylic acids is 3. The van der Waals surface area contributed by atoms with E-state index >= 15 is 0 Å². The Morgan fingerprint density at radius 1 is 0.957 bits per heavy atom. The number of carbonyl (C=O) groups is 3. The number of rotatable bonds is 11. The van der Waals surface area contributed by atoms with E-state index in [-0.39, 0.29) is 6.61 Å². The lowest BCUT2D eigenvalue weighted by Gasteiger charge is -2.18. The van der Waals surface area contributed by atoms with Crippen molar-refractivity contribution in [1.82, 2.24) is 0 Å². The van der Waals surface area contributed by atoms with Gasteiger partial charge in [0.25, 0.3) is 0 Å². The zero-order valence-electron chi connectivity index (χ0n) is 13.1. The summed E-state index contributed by atoms with van der Waals surface area (Å²) in [5, 5.41) is 51.2. The van der Waals surface area contributed by atoms with Gasteiger partial charge in [-0.3, -0.25) is 9.59 Å². The maximum Gasteiger partial charge on any atom is 0.336 e. The van der Waals surface area contributed by atoms with Crippen molar-refractivity contribution < 1.29 is 45.0 Å². The van der Waals surface area contributed by atoms with Gasteiger partial charge in [0.15, 0.2) is 5.60 Å². The second-order valence-corrected chi connectivity index (χ2v) is 5.16. The second-order valence-electron chi connectivity index (χ2n) is 5.16. The molecule has 136 valence electrons. The first-order valence-electron chi connectivity index (χ1n) is 7.27. The molecule has 0 aromatic rings. The third-order valence-electron chi connectivity index (χ3n) is 2.89. The van der Waals surface area contributed by atoms with E-state index in [1.54, 1.807) is 0 Å². The zero-order chi connectivity index (χ0) is 18.5. The highest BCUT2D eigenvalue weighted by atomic mass is 16.4. The van der Waals surface area contributed by atoms with Gasteiger partial charge in [-0.15, -0.1) is 0 Å².